The van der Waals surface area contributed by atoms with Crippen molar-refractivity contribution in [2.45, 2.75) is 33.3 Å². The Morgan fingerprint density at radius 3 is 2.25 bits per heavy atom. The average Bonchev–Trinajstić information content (AvgIpc) is 3.48. The number of aromatic nitrogens is 3. The van der Waals surface area contributed by atoms with E-state index in [2.05, 4.69) is 52.1 Å². The molecular formula is C28H25N7O. The van der Waals surface area contributed by atoms with Gasteiger partial charge in [-0.3, -0.25) is 0 Å². The third-order valence-corrected chi connectivity index (χ3v) is 6.19. The highest BCUT2D eigenvalue weighted by molar-refractivity contribution is 5.84. The highest BCUT2D eigenvalue weighted by Crippen LogP contribution is 2.45. The molecule has 0 atom stereocenters. The van der Waals surface area contributed by atoms with Gasteiger partial charge in [0.2, 0.25) is 0 Å². The van der Waals surface area contributed by atoms with Crippen LogP contribution in [0.25, 0.3) is 27.4 Å². The van der Waals surface area contributed by atoms with Gasteiger partial charge in [-0.05, 0) is 57.5 Å². The zero-order chi connectivity index (χ0) is 25.9. The van der Waals surface area contributed by atoms with Crippen LogP contribution in [0.5, 0.6) is 0 Å². The monoisotopic (exact) mass is 475 g/mol. The van der Waals surface area contributed by atoms with E-state index in [1.165, 1.54) is 5.69 Å². The molecule has 178 valence electrons. The van der Waals surface area contributed by atoms with Crippen molar-refractivity contribution in [2.24, 2.45) is 0 Å². The molecule has 4 rings (SSSR count). The molecule has 0 saturated carbocycles. The van der Waals surface area contributed by atoms with Crippen LogP contribution in [-0.2, 0) is 4.74 Å². The second kappa shape index (κ2) is 9.78. The first-order chi connectivity index (χ1) is 17.4. The summed E-state index contributed by atoms with van der Waals surface area (Å²) in [6.07, 6.45) is 1.87. The molecule has 2 heterocycles. The van der Waals surface area contributed by atoms with Gasteiger partial charge < -0.3 is 9.64 Å². The molecule has 1 aromatic heterocycles. The molecule has 3 aromatic rings. The van der Waals surface area contributed by atoms with E-state index in [0.29, 0.717) is 11.3 Å². The Morgan fingerprint density at radius 2 is 1.69 bits per heavy atom. The molecule has 0 N–H and O–H groups in total. The van der Waals surface area contributed by atoms with Gasteiger partial charge in [0.15, 0.2) is 5.76 Å². The second-order valence-corrected chi connectivity index (χ2v) is 8.69. The lowest BCUT2D eigenvalue weighted by Crippen LogP contribution is -2.21. The molecular weight excluding hydrogens is 450 g/mol. The maximum absolute atomic E-state index is 9.80. The minimum absolute atomic E-state index is 0.0361. The largest absolute Gasteiger partial charge is 0.492 e. The van der Waals surface area contributed by atoms with Crippen LogP contribution in [0, 0.1) is 29.2 Å². The van der Waals surface area contributed by atoms with Crippen LogP contribution < -0.4 is 4.90 Å². The lowest BCUT2D eigenvalue weighted by Gasteiger charge is -2.23. The van der Waals surface area contributed by atoms with Crippen molar-refractivity contribution in [2.75, 3.05) is 18.0 Å². The number of anilines is 1. The third kappa shape index (κ3) is 4.31. The summed E-state index contributed by atoms with van der Waals surface area (Å²) in [7, 11) is 0. The van der Waals surface area contributed by atoms with Gasteiger partial charge in [-0.25, -0.2) is 14.8 Å². The van der Waals surface area contributed by atoms with Crippen molar-refractivity contribution in [3.8, 4) is 29.1 Å². The molecule has 0 bridgehead atoms. The lowest BCUT2D eigenvalue weighted by molar-refractivity contribution is 0.109. The Balaban J connectivity index is 1.64. The van der Waals surface area contributed by atoms with Gasteiger partial charge in [-0.2, -0.15) is 5.26 Å². The summed E-state index contributed by atoms with van der Waals surface area (Å²) in [6.45, 7) is 17.0. The van der Waals surface area contributed by atoms with E-state index in [1.54, 1.807) is 4.68 Å². The second-order valence-electron chi connectivity index (χ2n) is 8.69. The lowest BCUT2D eigenvalue weighted by atomic mass is 9.88. The number of benzene rings is 2. The molecule has 0 unspecified atom stereocenters. The molecule has 8 nitrogen and oxygen atoms in total. The van der Waals surface area contributed by atoms with E-state index in [0.717, 1.165) is 29.9 Å². The van der Waals surface area contributed by atoms with E-state index in [1.807, 2.05) is 62.5 Å². The first kappa shape index (κ1) is 24.3. The van der Waals surface area contributed by atoms with Crippen molar-refractivity contribution < 1.29 is 4.74 Å². The Morgan fingerprint density at radius 1 is 1.06 bits per heavy atom. The van der Waals surface area contributed by atoms with Crippen molar-refractivity contribution in [3.05, 3.63) is 88.7 Å². The van der Waals surface area contributed by atoms with Gasteiger partial charge in [0, 0.05) is 29.9 Å². The summed E-state index contributed by atoms with van der Waals surface area (Å²) in [5.41, 5.74) is 4.20. The quantitative estimate of drug-likeness (QED) is 0.344. The van der Waals surface area contributed by atoms with E-state index >= 15 is 0 Å². The van der Waals surface area contributed by atoms with Crippen molar-refractivity contribution in [3.63, 3.8) is 0 Å². The van der Waals surface area contributed by atoms with Gasteiger partial charge in [0.25, 0.3) is 0 Å². The number of rotatable bonds is 6. The van der Waals surface area contributed by atoms with Gasteiger partial charge in [-0.15, -0.1) is 5.10 Å². The number of nitriles is 2. The fourth-order valence-electron chi connectivity index (χ4n) is 4.40. The number of nitrogens with zero attached hydrogens (tertiary/aromatic N) is 7. The number of hydrogen-bond donors (Lipinski definition) is 0. The number of hydrogen-bond acceptors (Lipinski definition) is 6. The van der Waals surface area contributed by atoms with Crippen LogP contribution in [0.1, 0.15) is 33.3 Å². The molecule has 0 amide bonds. The first-order valence-electron chi connectivity index (χ1n) is 11.6. The van der Waals surface area contributed by atoms with E-state index in [-0.39, 0.29) is 17.0 Å². The van der Waals surface area contributed by atoms with Crippen LogP contribution in [0.15, 0.2) is 71.8 Å². The molecule has 0 radical (unpaired) electrons. The topological polar surface area (TPSA) is 95.1 Å². The highest BCUT2D eigenvalue weighted by Gasteiger charge is 2.40. The highest BCUT2D eigenvalue weighted by atomic mass is 16.5. The maximum atomic E-state index is 9.80. The molecule has 0 spiro atoms. The molecule has 1 aliphatic rings. The smallest absolute Gasteiger partial charge is 0.304 e. The van der Waals surface area contributed by atoms with Gasteiger partial charge in [0.05, 0.1) is 30.1 Å². The van der Waals surface area contributed by atoms with Gasteiger partial charge >= 0.3 is 5.70 Å². The Labute approximate surface area is 210 Å². The maximum Gasteiger partial charge on any atom is 0.304 e. The summed E-state index contributed by atoms with van der Waals surface area (Å²) in [4.78, 5) is 5.50. The fourth-order valence-corrected chi connectivity index (χ4v) is 4.40. The molecule has 0 saturated heterocycles. The normalized spacial score (nSPS) is 15.5. The van der Waals surface area contributed by atoms with Crippen LogP contribution >= 0.6 is 0 Å². The molecule has 0 fully saturated rings. The summed E-state index contributed by atoms with van der Waals surface area (Å²) in [5, 5.41) is 27.7. The molecule has 8 heteroatoms. The standard InChI is InChI=1S/C28H25N7O/c1-6-34(7-2)21-12-14-22(15-13-21)35-18-25(32-33-35)19-8-10-20(11-9-19)26-23(16-29)27(24(17-30)31-5)36-28(26,3)4/h8-15,18H,6-7H2,1-4H3/b27-24-. The zero-order valence-corrected chi connectivity index (χ0v) is 20.6. The van der Waals surface area contributed by atoms with Crippen LogP contribution in [0.2, 0.25) is 0 Å². The number of ether oxygens (including phenoxy) is 1. The first-order valence-corrected chi connectivity index (χ1v) is 11.6. The van der Waals surface area contributed by atoms with Crippen LogP contribution in [-0.4, -0.2) is 33.7 Å². The van der Waals surface area contributed by atoms with Crippen molar-refractivity contribution in [1.29, 1.82) is 10.5 Å². The Hall–Kier alpha value is -4.87. The Bertz CT molecular complexity index is 1450. The van der Waals surface area contributed by atoms with Crippen LogP contribution in [0.4, 0.5) is 5.69 Å². The summed E-state index contributed by atoms with van der Waals surface area (Å²) in [5.74, 6) is 0.0361. The molecule has 0 aliphatic carbocycles. The summed E-state index contributed by atoms with van der Waals surface area (Å²) >= 11 is 0. The van der Waals surface area contributed by atoms with E-state index in [9.17, 15) is 10.5 Å². The van der Waals surface area contributed by atoms with E-state index in [4.69, 9.17) is 11.3 Å². The fraction of sp³-hybridized carbons (Fsp3) is 0.250. The van der Waals surface area contributed by atoms with Crippen molar-refractivity contribution >= 4 is 11.3 Å². The minimum Gasteiger partial charge on any atom is -0.492 e. The van der Waals surface area contributed by atoms with Gasteiger partial charge in [0.1, 0.15) is 17.4 Å². The molecule has 2 aromatic carbocycles. The molecule has 1 aliphatic heterocycles. The predicted molar refractivity (Wildman–Crippen MR) is 137 cm³/mol. The average molecular weight is 476 g/mol. The van der Waals surface area contributed by atoms with Gasteiger partial charge in [-0.1, -0.05) is 29.5 Å². The molecule has 36 heavy (non-hydrogen) atoms. The Kier molecular flexibility index (Phi) is 6.59. The predicted octanol–water partition coefficient (Wildman–Crippen LogP) is 5.52. The summed E-state index contributed by atoms with van der Waals surface area (Å²) < 4.78 is 7.63. The summed E-state index contributed by atoms with van der Waals surface area (Å²) in [6, 6.07) is 19.8. The zero-order valence-electron chi connectivity index (χ0n) is 20.6. The SMILES string of the molecule is [C-]#[N+]/C(C#N)=C1\OC(C)(C)C(c2ccc(-c3cn(-c4ccc(N(CC)CC)cc4)nn3)cc2)=C1C#N. The van der Waals surface area contributed by atoms with E-state index < -0.39 is 5.60 Å². The van der Waals surface area contributed by atoms with Crippen molar-refractivity contribution in [1.82, 2.24) is 15.0 Å². The van der Waals surface area contributed by atoms with Crippen LogP contribution in [0.3, 0.4) is 0 Å². The number of allylic oxidation sites excluding steroid dienone is 2. The third-order valence-electron chi connectivity index (χ3n) is 6.19. The minimum atomic E-state index is -0.866.